The van der Waals surface area contributed by atoms with Crippen molar-refractivity contribution in [2.75, 3.05) is 24.2 Å². The van der Waals surface area contributed by atoms with Gasteiger partial charge in [-0.15, -0.1) is 0 Å². The van der Waals surface area contributed by atoms with Crippen LogP contribution >= 0.6 is 0 Å². The molecule has 17 heavy (non-hydrogen) atoms. The zero-order chi connectivity index (χ0) is 12.1. The molecule has 0 spiro atoms. The first-order chi connectivity index (χ1) is 8.33. The zero-order valence-electron chi connectivity index (χ0n) is 9.69. The molecular formula is C13H17N3O. The molecule has 0 bridgehead atoms. The van der Waals surface area contributed by atoms with E-state index in [4.69, 9.17) is 10.8 Å². The fourth-order valence-corrected chi connectivity index (χ4v) is 1.80. The SMILES string of the molecule is Nc1ccc(NCCCCO)c2ncccc12. The van der Waals surface area contributed by atoms with Gasteiger partial charge in [-0.3, -0.25) is 4.98 Å². The van der Waals surface area contributed by atoms with Crippen LogP contribution in [0.5, 0.6) is 0 Å². The van der Waals surface area contributed by atoms with E-state index in [0.29, 0.717) is 0 Å². The number of benzene rings is 1. The maximum atomic E-state index is 8.71. The summed E-state index contributed by atoms with van der Waals surface area (Å²) in [6.07, 6.45) is 3.52. The quantitative estimate of drug-likeness (QED) is 0.543. The van der Waals surface area contributed by atoms with Gasteiger partial charge in [-0.25, -0.2) is 0 Å². The van der Waals surface area contributed by atoms with Crippen LogP contribution in [0.25, 0.3) is 10.9 Å². The molecule has 4 heteroatoms. The molecule has 0 saturated heterocycles. The van der Waals surface area contributed by atoms with Gasteiger partial charge >= 0.3 is 0 Å². The Morgan fingerprint density at radius 3 is 2.94 bits per heavy atom. The molecular weight excluding hydrogens is 214 g/mol. The van der Waals surface area contributed by atoms with Crippen LogP contribution in [0, 0.1) is 0 Å². The number of rotatable bonds is 5. The predicted octanol–water partition coefficient (Wildman–Crippen LogP) is 2.00. The lowest BCUT2D eigenvalue weighted by Gasteiger charge is -2.10. The third-order valence-corrected chi connectivity index (χ3v) is 2.70. The Labute approximate surface area is 100 Å². The Hall–Kier alpha value is -1.81. The highest BCUT2D eigenvalue weighted by molar-refractivity contribution is 5.98. The Bertz CT molecular complexity index is 499. The molecule has 0 radical (unpaired) electrons. The highest BCUT2D eigenvalue weighted by Crippen LogP contribution is 2.26. The number of unbranched alkanes of at least 4 members (excludes halogenated alkanes) is 1. The highest BCUT2D eigenvalue weighted by atomic mass is 16.2. The number of aliphatic hydroxyl groups is 1. The van der Waals surface area contributed by atoms with Gasteiger partial charge in [0.25, 0.3) is 0 Å². The Morgan fingerprint density at radius 2 is 2.12 bits per heavy atom. The van der Waals surface area contributed by atoms with Crippen LogP contribution in [-0.4, -0.2) is 23.2 Å². The van der Waals surface area contributed by atoms with Crippen molar-refractivity contribution in [1.29, 1.82) is 0 Å². The number of pyridine rings is 1. The number of aliphatic hydroxyl groups excluding tert-OH is 1. The maximum Gasteiger partial charge on any atom is 0.0953 e. The number of hydrogen-bond donors (Lipinski definition) is 3. The molecule has 0 amide bonds. The summed E-state index contributed by atoms with van der Waals surface area (Å²) in [5, 5.41) is 13.0. The summed E-state index contributed by atoms with van der Waals surface area (Å²) in [6.45, 7) is 1.07. The molecule has 1 aromatic carbocycles. The second kappa shape index (κ2) is 5.50. The van der Waals surface area contributed by atoms with Crippen molar-refractivity contribution in [2.45, 2.75) is 12.8 Å². The molecule has 1 heterocycles. The lowest BCUT2D eigenvalue weighted by molar-refractivity contribution is 0.286. The van der Waals surface area contributed by atoms with Crippen LogP contribution in [0.15, 0.2) is 30.5 Å². The van der Waals surface area contributed by atoms with Gasteiger partial charge in [-0.2, -0.15) is 0 Å². The molecule has 0 aliphatic carbocycles. The number of nitrogens with zero attached hydrogens (tertiary/aromatic N) is 1. The molecule has 4 N–H and O–H groups in total. The lowest BCUT2D eigenvalue weighted by atomic mass is 10.1. The summed E-state index contributed by atoms with van der Waals surface area (Å²) >= 11 is 0. The number of nitrogens with two attached hydrogens (primary N) is 1. The van der Waals surface area contributed by atoms with Gasteiger partial charge in [0.1, 0.15) is 0 Å². The van der Waals surface area contributed by atoms with Gasteiger partial charge in [0.2, 0.25) is 0 Å². The van der Waals surface area contributed by atoms with E-state index in [9.17, 15) is 0 Å². The summed E-state index contributed by atoms with van der Waals surface area (Å²) in [4.78, 5) is 4.35. The fourth-order valence-electron chi connectivity index (χ4n) is 1.80. The Morgan fingerprint density at radius 1 is 1.24 bits per heavy atom. The summed E-state index contributed by atoms with van der Waals surface area (Å²) in [5.74, 6) is 0. The Kier molecular flexibility index (Phi) is 3.77. The van der Waals surface area contributed by atoms with Gasteiger partial charge < -0.3 is 16.2 Å². The molecule has 2 aromatic rings. The van der Waals surface area contributed by atoms with Crippen molar-refractivity contribution in [3.05, 3.63) is 30.5 Å². The highest BCUT2D eigenvalue weighted by Gasteiger charge is 2.03. The van der Waals surface area contributed by atoms with Gasteiger partial charge in [-0.05, 0) is 37.1 Å². The average molecular weight is 231 g/mol. The maximum absolute atomic E-state index is 8.71. The zero-order valence-corrected chi connectivity index (χ0v) is 9.69. The topological polar surface area (TPSA) is 71.2 Å². The first kappa shape index (κ1) is 11.7. The standard InChI is InChI=1S/C13H17N3O/c14-11-5-6-12(15-7-1-2-9-17)13-10(11)4-3-8-16-13/h3-6,8,15,17H,1-2,7,9,14H2. The molecule has 0 atom stereocenters. The molecule has 0 fully saturated rings. The monoisotopic (exact) mass is 231 g/mol. The van der Waals surface area contributed by atoms with Crippen LogP contribution in [-0.2, 0) is 0 Å². The van der Waals surface area contributed by atoms with Crippen LogP contribution in [0.4, 0.5) is 11.4 Å². The van der Waals surface area contributed by atoms with Crippen molar-refractivity contribution >= 4 is 22.3 Å². The van der Waals surface area contributed by atoms with E-state index < -0.39 is 0 Å². The van der Waals surface area contributed by atoms with Crippen LogP contribution in [0.1, 0.15) is 12.8 Å². The predicted molar refractivity (Wildman–Crippen MR) is 71.0 cm³/mol. The van der Waals surface area contributed by atoms with Crippen LogP contribution in [0.2, 0.25) is 0 Å². The van der Waals surface area contributed by atoms with Crippen molar-refractivity contribution in [1.82, 2.24) is 4.98 Å². The third kappa shape index (κ3) is 2.65. The van der Waals surface area contributed by atoms with Gasteiger partial charge in [0.15, 0.2) is 0 Å². The second-order valence-corrected chi connectivity index (χ2v) is 3.96. The normalized spacial score (nSPS) is 10.6. The fraction of sp³-hybridized carbons (Fsp3) is 0.308. The molecule has 0 saturated carbocycles. The number of aromatic nitrogens is 1. The summed E-state index contributed by atoms with van der Waals surface area (Å²) in [6, 6.07) is 7.69. The summed E-state index contributed by atoms with van der Waals surface area (Å²) < 4.78 is 0. The number of anilines is 2. The van der Waals surface area contributed by atoms with E-state index in [1.807, 2.05) is 24.3 Å². The molecule has 0 aliphatic heterocycles. The average Bonchev–Trinajstić information content (AvgIpc) is 2.37. The lowest BCUT2D eigenvalue weighted by Crippen LogP contribution is -2.04. The van der Waals surface area contributed by atoms with Gasteiger partial charge in [0, 0.05) is 30.4 Å². The number of nitrogen functional groups attached to an aromatic ring is 1. The minimum absolute atomic E-state index is 0.239. The molecule has 90 valence electrons. The largest absolute Gasteiger partial charge is 0.398 e. The molecule has 0 aliphatic rings. The number of fused-ring (bicyclic) bond motifs is 1. The first-order valence-corrected chi connectivity index (χ1v) is 5.81. The second-order valence-electron chi connectivity index (χ2n) is 3.96. The summed E-state index contributed by atoms with van der Waals surface area (Å²) in [5.41, 5.74) is 8.54. The number of hydrogen-bond acceptors (Lipinski definition) is 4. The van der Waals surface area contributed by atoms with E-state index in [0.717, 1.165) is 41.7 Å². The van der Waals surface area contributed by atoms with E-state index in [1.54, 1.807) is 6.20 Å². The van der Waals surface area contributed by atoms with E-state index in [-0.39, 0.29) is 6.61 Å². The van der Waals surface area contributed by atoms with Crippen molar-refractivity contribution in [3.8, 4) is 0 Å². The van der Waals surface area contributed by atoms with Crippen molar-refractivity contribution < 1.29 is 5.11 Å². The number of nitrogens with one attached hydrogen (secondary N) is 1. The summed E-state index contributed by atoms with van der Waals surface area (Å²) in [7, 11) is 0. The molecule has 4 nitrogen and oxygen atoms in total. The van der Waals surface area contributed by atoms with Gasteiger partial charge in [-0.1, -0.05) is 0 Å². The van der Waals surface area contributed by atoms with Crippen molar-refractivity contribution in [2.24, 2.45) is 0 Å². The third-order valence-electron chi connectivity index (χ3n) is 2.70. The van der Waals surface area contributed by atoms with Crippen LogP contribution < -0.4 is 11.1 Å². The minimum atomic E-state index is 0.239. The molecule has 2 rings (SSSR count). The minimum Gasteiger partial charge on any atom is -0.398 e. The van der Waals surface area contributed by atoms with E-state index >= 15 is 0 Å². The van der Waals surface area contributed by atoms with E-state index in [1.165, 1.54) is 0 Å². The van der Waals surface area contributed by atoms with Crippen molar-refractivity contribution in [3.63, 3.8) is 0 Å². The molecule has 0 unspecified atom stereocenters. The molecule has 1 aromatic heterocycles. The van der Waals surface area contributed by atoms with Gasteiger partial charge in [0.05, 0.1) is 11.2 Å². The first-order valence-electron chi connectivity index (χ1n) is 5.81. The van der Waals surface area contributed by atoms with E-state index in [2.05, 4.69) is 10.3 Å². The smallest absolute Gasteiger partial charge is 0.0953 e. The Balaban J connectivity index is 2.20. The van der Waals surface area contributed by atoms with Crippen LogP contribution in [0.3, 0.4) is 0 Å².